The van der Waals surface area contributed by atoms with Crippen LogP contribution < -0.4 is 10.2 Å². The Hall–Kier alpha value is -3.02. The molecule has 12 heteroatoms. The van der Waals surface area contributed by atoms with E-state index in [1.54, 1.807) is 12.3 Å². The van der Waals surface area contributed by atoms with Crippen molar-refractivity contribution in [3.8, 4) is 0 Å². The van der Waals surface area contributed by atoms with Gasteiger partial charge in [0.1, 0.15) is 0 Å². The number of carboxylic acid groups (broad SMARTS) is 1. The van der Waals surface area contributed by atoms with Crippen LogP contribution in [-0.4, -0.2) is 63.5 Å². The van der Waals surface area contributed by atoms with Gasteiger partial charge < -0.3 is 20.1 Å². The summed E-state index contributed by atoms with van der Waals surface area (Å²) in [5.41, 5.74) is 0.836. The van der Waals surface area contributed by atoms with Gasteiger partial charge in [-0.1, -0.05) is 0 Å². The number of carbonyl (C=O) groups is 1. The lowest BCUT2D eigenvalue weighted by Crippen LogP contribution is -2.34. The van der Waals surface area contributed by atoms with Crippen LogP contribution in [0.1, 0.15) is 18.4 Å². The molecule has 2 aliphatic heterocycles. The van der Waals surface area contributed by atoms with Crippen molar-refractivity contribution in [1.82, 2.24) is 15.0 Å². The molecule has 0 bridgehead atoms. The molecule has 4 heterocycles. The lowest BCUT2D eigenvalue weighted by Gasteiger charge is -2.23. The highest BCUT2D eigenvalue weighted by molar-refractivity contribution is 5.73. The molecule has 168 valence electrons. The number of nitrogens with zero attached hydrogens (tertiary/aromatic N) is 4. The molecule has 2 aromatic heterocycles. The van der Waals surface area contributed by atoms with Gasteiger partial charge in [-0.2, -0.15) is 13.2 Å². The second-order valence-electron chi connectivity index (χ2n) is 7.41. The number of halogens is 4. The summed E-state index contributed by atoms with van der Waals surface area (Å²) in [5.74, 6) is -2.06. The van der Waals surface area contributed by atoms with E-state index in [1.165, 1.54) is 6.07 Å². The number of alkyl halides is 3. The first kappa shape index (κ1) is 22.7. The summed E-state index contributed by atoms with van der Waals surface area (Å²) < 4.78 is 51.6. The minimum Gasteiger partial charge on any atom is -0.475 e. The van der Waals surface area contributed by atoms with Crippen LogP contribution in [0.25, 0.3) is 0 Å². The van der Waals surface area contributed by atoms with Gasteiger partial charge in [0, 0.05) is 31.6 Å². The van der Waals surface area contributed by atoms with E-state index < -0.39 is 12.1 Å². The van der Waals surface area contributed by atoms with E-state index in [2.05, 4.69) is 25.2 Å². The Morgan fingerprint density at radius 2 is 2.00 bits per heavy atom. The lowest BCUT2D eigenvalue weighted by atomic mass is 9.97. The fraction of sp³-hybridized carbons (Fsp3) is 0.474. The Labute approximate surface area is 175 Å². The molecule has 4 rings (SSSR count). The molecule has 2 fully saturated rings. The first-order valence-electron chi connectivity index (χ1n) is 9.43. The molecule has 2 saturated heterocycles. The zero-order valence-corrected chi connectivity index (χ0v) is 16.6. The maximum Gasteiger partial charge on any atom is 0.490 e. The van der Waals surface area contributed by atoms with Gasteiger partial charge in [0.25, 0.3) is 0 Å². The predicted octanol–water partition coefficient (Wildman–Crippen LogP) is 2.80. The molecule has 31 heavy (non-hydrogen) atoms. The summed E-state index contributed by atoms with van der Waals surface area (Å²) in [7, 11) is 0. The van der Waals surface area contributed by atoms with Crippen LogP contribution in [0.5, 0.6) is 0 Å². The summed E-state index contributed by atoms with van der Waals surface area (Å²) in [5, 5.41) is 10.3. The van der Waals surface area contributed by atoms with Crippen LogP contribution in [0.4, 0.5) is 29.3 Å². The number of anilines is 2. The smallest absolute Gasteiger partial charge is 0.475 e. The maximum absolute atomic E-state index is 13.7. The number of carboxylic acids is 1. The third-order valence-corrected chi connectivity index (χ3v) is 4.92. The first-order chi connectivity index (χ1) is 14.6. The van der Waals surface area contributed by atoms with Crippen molar-refractivity contribution in [2.75, 3.05) is 29.9 Å². The molecule has 2 aliphatic rings. The summed E-state index contributed by atoms with van der Waals surface area (Å²) in [6, 6.07) is 3.06. The molecule has 2 atom stereocenters. The molecule has 0 saturated carbocycles. The molecule has 0 aliphatic carbocycles. The second-order valence-corrected chi connectivity index (χ2v) is 7.41. The zero-order valence-electron chi connectivity index (χ0n) is 16.6. The number of aliphatic carboxylic acids is 1. The van der Waals surface area contributed by atoms with Crippen LogP contribution >= 0.6 is 0 Å². The van der Waals surface area contributed by atoms with E-state index in [9.17, 15) is 17.6 Å². The summed E-state index contributed by atoms with van der Waals surface area (Å²) >= 11 is 0. The van der Waals surface area contributed by atoms with E-state index in [1.807, 2.05) is 19.3 Å². The van der Waals surface area contributed by atoms with E-state index in [4.69, 9.17) is 14.6 Å². The maximum atomic E-state index is 13.7. The van der Waals surface area contributed by atoms with E-state index >= 15 is 0 Å². The number of hydrogen-bond acceptors (Lipinski definition) is 7. The van der Waals surface area contributed by atoms with Crippen molar-refractivity contribution < 1.29 is 32.2 Å². The second kappa shape index (κ2) is 9.00. The van der Waals surface area contributed by atoms with Crippen LogP contribution in [0.15, 0.2) is 30.7 Å². The highest BCUT2D eigenvalue weighted by Gasteiger charge is 2.46. The molecular weight excluding hydrogens is 422 g/mol. The quantitative estimate of drug-likeness (QED) is 0.699. The highest BCUT2D eigenvalue weighted by atomic mass is 19.4. The minimum absolute atomic E-state index is 0.0632. The number of aryl methyl sites for hydroxylation is 1. The Balaban J connectivity index is 0.000000339. The molecule has 2 N–H and O–H groups in total. The van der Waals surface area contributed by atoms with Gasteiger partial charge in [-0.25, -0.2) is 24.1 Å². The van der Waals surface area contributed by atoms with Crippen molar-refractivity contribution in [3.63, 3.8) is 0 Å². The minimum atomic E-state index is -5.08. The molecule has 0 aromatic carbocycles. The number of hydrogen-bond donors (Lipinski definition) is 2. The number of ether oxygens (including phenoxy) is 1. The molecule has 0 radical (unpaired) electrons. The van der Waals surface area contributed by atoms with Crippen LogP contribution in [0.2, 0.25) is 0 Å². The average molecular weight is 443 g/mol. The fourth-order valence-electron chi connectivity index (χ4n) is 3.47. The number of rotatable bonds is 3. The van der Waals surface area contributed by atoms with Crippen LogP contribution in [-0.2, 0) is 9.53 Å². The number of pyridine rings is 1. The first-order valence-corrected chi connectivity index (χ1v) is 9.43. The van der Waals surface area contributed by atoms with E-state index in [0.29, 0.717) is 12.4 Å². The molecule has 2 aromatic rings. The number of nitrogens with one attached hydrogen (secondary N) is 1. The van der Waals surface area contributed by atoms with Gasteiger partial charge >= 0.3 is 12.1 Å². The molecule has 0 amide bonds. The summed E-state index contributed by atoms with van der Waals surface area (Å²) in [6.45, 7) is 4.16. The van der Waals surface area contributed by atoms with Gasteiger partial charge in [0.2, 0.25) is 5.95 Å². The summed E-state index contributed by atoms with van der Waals surface area (Å²) in [6.07, 6.45) is 1.91. The molecule has 1 spiro atoms. The Bertz CT molecular complexity index is 912. The van der Waals surface area contributed by atoms with Crippen molar-refractivity contribution in [3.05, 3.63) is 42.1 Å². The monoisotopic (exact) mass is 443 g/mol. The van der Waals surface area contributed by atoms with Crippen molar-refractivity contribution in [2.24, 2.45) is 0 Å². The third kappa shape index (κ3) is 5.78. The molecule has 2 unspecified atom stereocenters. The largest absolute Gasteiger partial charge is 0.490 e. The standard InChI is InChI=1S/C17H20FN5O.C2HF3O2/c1-12-8-20-16(21-9-12)23-6-4-17(11-23)7-13(10-24-17)22-15-14(18)3-2-5-19-15;3-2(4,5)1(6)7/h2-3,5,8-9,13H,4,6-7,10-11H2,1H3,(H,19,22);(H,6,7). The van der Waals surface area contributed by atoms with E-state index in [0.717, 1.165) is 37.4 Å². The molecular formula is C19H21F4N5O3. The van der Waals surface area contributed by atoms with Crippen LogP contribution in [0, 0.1) is 12.7 Å². The van der Waals surface area contributed by atoms with Gasteiger partial charge in [-0.05, 0) is 31.0 Å². The zero-order chi connectivity index (χ0) is 22.6. The van der Waals surface area contributed by atoms with Gasteiger partial charge in [-0.15, -0.1) is 0 Å². The Kier molecular flexibility index (Phi) is 6.58. The highest BCUT2D eigenvalue weighted by Crippen LogP contribution is 2.37. The average Bonchev–Trinajstić information content (AvgIpc) is 3.31. The molecule has 8 nitrogen and oxygen atoms in total. The van der Waals surface area contributed by atoms with Gasteiger partial charge in [0.05, 0.1) is 24.8 Å². The Morgan fingerprint density at radius 3 is 2.61 bits per heavy atom. The van der Waals surface area contributed by atoms with E-state index in [-0.39, 0.29) is 17.5 Å². The third-order valence-electron chi connectivity index (χ3n) is 4.92. The van der Waals surface area contributed by atoms with Crippen molar-refractivity contribution in [2.45, 2.75) is 37.6 Å². The van der Waals surface area contributed by atoms with Gasteiger partial charge in [0.15, 0.2) is 11.6 Å². The SMILES string of the molecule is Cc1cnc(N2CCC3(CC(Nc4ncccc4F)CO3)C2)nc1.O=C(O)C(F)(F)F. The Morgan fingerprint density at radius 1 is 1.32 bits per heavy atom. The predicted molar refractivity (Wildman–Crippen MR) is 102 cm³/mol. The van der Waals surface area contributed by atoms with Crippen molar-refractivity contribution >= 4 is 17.7 Å². The number of aromatic nitrogens is 3. The topological polar surface area (TPSA) is 100 Å². The van der Waals surface area contributed by atoms with Crippen molar-refractivity contribution in [1.29, 1.82) is 0 Å². The van der Waals surface area contributed by atoms with Gasteiger partial charge in [-0.3, -0.25) is 0 Å². The van der Waals surface area contributed by atoms with Crippen LogP contribution in [0.3, 0.4) is 0 Å². The summed E-state index contributed by atoms with van der Waals surface area (Å²) in [4.78, 5) is 23.9. The normalized spacial score (nSPS) is 22.9. The lowest BCUT2D eigenvalue weighted by molar-refractivity contribution is -0.192. The fourth-order valence-corrected chi connectivity index (χ4v) is 3.47.